The third kappa shape index (κ3) is 4.06. The van der Waals surface area contributed by atoms with Crippen molar-refractivity contribution in [2.75, 3.05) is 47.5 Å². The maximum atomic E-state index is 12.6. The van der Waals surface area contributed by atoms with Crippen molar-refractivity contribution in [3.05, 3.63) is 41.6 Å². The third-order valence-corrected chi connectivity index (χ3v) is 4.23. The van der Waals surface area contributed by atoms with Crippen molar-refractivity contribution in [3.8, 4) is 17.3 Å². The first kappa shape index (κ1) is 18.8. The Labute approximate surface area is 157 Å². The maximum absolute atomic E-state index is 12.6. The summed E-state index contributed by atoms with van der Waals surface area (Å²) in [6, 6.07) is 7.01. The highest BCUT2D eigenvalue weighted by molar-refractivity contribution is 5.96. The summed E-state index contributed by atoms with van der Waals surface area (Å²) in [7, 11) is 5.01. The summed E-state index contributed by atoms with van der Waals surface area (Å²) in [4.78, 5) is 36.5. The van der Waals surface area contributed by atoms with Gasteiger partial charge in [0, 0.05) is 45.1 Å². The summed E-state index contributed by atoms with van der Waals surface area (Å²) >= 11 is 0. The van der Waals surface area contributed by atoms with Crippen molar-refractivity contribution in [1.82, 2.24) is 19.8 Å². The van der Waals surface area contributed by atoms with E-state index in [0.717, 1.165) is 5.56 Å². The molecule has 0 saturated heterocycles. The number of aromatic nitrogens is 2. The van der Waals surface area contributed by atoms with Crippen LogP contribution < -0.4 is 4.74 Å². The topological polar surface area (TPSA) is 84.9 Å². The second kappa shape index (κ2) is 8.13. The lowest BCUT2D eigenvalue weighted by atomic mass is 10.1. The summed E-state index contributed by atoms with van der Waals surface area (Å²) in [6.45, 7) is 1.77. The zero-order valence-electron chi connectivity index (χ0n) is 15.6. The van der Waals surface area contributed by atoms with Crippen LogP contribution in [0.3, 0.4) is 0 Å². The third-order valence-electron chi connectivity index (χ3n) is 4.23. The van der Waals surface area contributed by atoms with Gasteiger partial charge in [0.05, 0.1) is 13.2 Å². The minimum absolute atomic E-state index is 0.0746. The van der Waals surface area contributed by atoms with Crippen LogP contribution >= 0.6 is 0 Å². The van der Waals surface area contributed by atoms with Crippen LogP contribution in [0.15, 0.2) is 30.5 Å². The fourth-order valence-electron chi connectivity index (χ4n) is 2.72. The van der Waals surface area contributed by atoms with Gasteiger partial charge in [-0.05, 0) is 12.1 Å². The van der Waals surface area contributed by atoms with E-state index in [0.29, 0.717) is 43.3 Å². The van der Waals surface area contributed by atoms with Crippen molar-refractivity contribution in [2.45, 2.75) is 0 Å². The van der Waals surface area contributed by atoms with E-state index in [1.54, 1.807) is 50.4 Å². The Hall–Kier alpha value is -3.00. The van der Waals surface area contributed by atoms with Gasteiger partial charge in [-0.1, -0.05) is 12.1 Å². The van der Waals surface area contributed by atoms with Crippen LogP contribution in [0.2, 0.25) is 0 Å². The van der Waals surface area contributed by atoms with E-state index < -0.39 is 0 Å². The highest BCUT2D eigenvalue weighted by atomic mass is 16.5. The fourth-order valence-corrected chi connectivity index (χ4v) is 2.72. The van der Waals surface area contributed by atoms with Crippen LogP contribution in [0, 0.1) is 0 Å². The van der Waals surface area contributed by atoms with Gasteiger partial charge >= 0.3 is 0 Å². The Kier molecular flexibility index (Phi) is 5.66. The van der Waals surface area contributed by atoms with Crippen LogP contribution in [0.5, 0.6) is 5.88 Å². The van der Waals surface area contributed by atoms with Crippen LogP contribution in [0.4, 0.5) is 0 Å². The van der Waals surface area contributed by atoms with Gasteiger partial charge in [0.1, 0.15) is 12.2 Å². The van der Waals surface area contributed by atoms with E-state index in [4.69, 9.17) is 9.47 Å². The molecule has 0 atom stereocenters. The average Bonchev–Trinajstić information content (AvgIpc) is 2.84. The normalized spacial score (nSPS) is 13.6. The molecule has 1 aliphatic rings. The zero-order chi connectivity index (χ0) is 19.4. The molecular weight excluding hydrogens is 348 g/mol. The maximum Gasteiger partial charge on any atom is 0.261 e. The SMILES string of the molecule is COCCN1CCOc2nc(-c3ccc(C(=O)N(C)C)cc3)ncc2C1=O. The minimum Gasteiger partial charge on any atom is -0.475 e. The molecule has 0 radical (unpaired) electrons. The van der Waals surface area contributed by atoms with Crippen molar-refractivity contribution >= 4 is 11.8 Å². The summed E-state index contributed by atoms with van der Waals surface area (Å²) in [5, 5.41) is 0. The molecule has 2 aromatic rings. The van der Waals surface area contributed by atoms with E-state index in [-0.39, 0.29) is 17.7 Å². The first-order chi connectivity index (χ1) is 13.0. The van der Waals surface area contributed by atoms with Gasteiger partial charge in [0.15, 0.2) is 5.82 Å². The van der Waals surface area contributed by atoms with Crippen molar-refractivity contribution in [1.29, 1.82) is 0 Å². The first-order valence-corrected chi connectivity index (χ1v) is 8.61. The Bertz CT molecular complexity index is 836. The van der Waals surface area contributed by atoms with Gasteiger partial charge in [-0.25, -0.2) is 4.98 Å². The lowest BCUT2D eigenvalue weighted by molar-refractivity contribution is 0.0693. The van der Waals surface area contributed by atoms with Crippen LogP contribution in [-0.4, -0.2) is 79.1 Å². The lowest BCUT2D eigenvalue weighted by Gasteiger charge is -2.18. The van der Waals surface area contributed by atoms with Crippen LogP contribution in [0.1, 0.15) is 20.7 Å². The summed E-state index contributed by atoms with van der Waals surface area (Å²) in [6.07, 6.45) is 1.49. The molecule has 1 aromatic carbocycles. The molecule has 0 saturated carbocycles. The number of methoxy groups -OCH3 is 1. The monoisotopic (exact) mass is 370 g/mol. The number of carbonyl (C=O) groups excluding carboxylic acids is 2. The van der Waals surface area contributed by atoms with E-state index >= 15 is 0 Å². The largest absolute Gasteiger partial charge is 0.475 e. The van der Waals surface area contributed by atoms with Crippen molar-refractivity contribution in [3.63, 3.8) is 0 Å². The zero-order valence-corrected chi connectivity index (χ0v) is 15.6. The molecule has 2 amide bonds. The summed E-state index contributed by atoms with van der Waals surface area (Å²) in [5.74, 6) is 0.474. The Morgan fingerprint density at radius 1 is 1.30 bits per heavy atom. The molecule has 142 valence electrons. The summed E-state index contributed by atoms with van der Waals surface area (Å²) in [5.41, 5.74) is 1.66. The molecule has 27 heavy (non-hydrogen) atoms. The van der Waals surface area contributed by atoms with Crippen LogP contribution in [0.25, 0.3) is 11.4 Å². The number of amides is 2. The molecule has 0 fully saturated rings. The Morgan fingerprint density at radius 3 is 2.70 bits per heavy atom. The van der Waals surface area contributed by atoms with E-state index in [1.807, 2.05) is 0 Å². The predicted octanol–water partition coefficient (Wildman–Crippen LogP) is 1.33. The Balaban J connectivity index is 1.85. The standard InChI is InChI=1S/C19H22N4O4/c1-22(2)18(24)14-6-4-13(5-7-14)16-20-12-15-17(21-16)27-11-9-23(19(15)25)8-10-26-3/h4-7,12H,8-11H2,1-3H3. The molecular formula is C19H22N4O4. The molecule has 8 heteroatoms. The van der Waals surface area contributed by atoms with Gasteiger partial charge in [-0.15, -0.1) is 0 Å². The Morgan fingerprint density at radius 2 is 2.04 bits per heavy atom. The number of nitrogens with zero attached hydrogens (tertiary/aromatic N) is 4. The number of fused-ring (bicyclic) bond motifs is 1. The molecule has 0 N–H and O–H groups in total. The summed E-state index contributed by atoms with van der Waals surface area (Å²) < 4.78 is 10.7. The predicted molar refractivity (Wildman–Crippen MR) is 98.8 cm³/mol. The van der Waals surface area contributed by atoms with E-state index in [2.05, 4.69) is 9.97 Å². The van der Waals surface area contributed by atoms with Gasteiger partial charge in [0.2, 0.25) is 5.88 Å². The van der Waals surface area contributed by atoms with E-state index in [9.17, 15) is 9.59 Å². The highest BCUT2D eigenvalue weighted by Gasteiger charge is 2.25. The molecule has 1 aromatic heterocycles. The van der Waals surface area contributed by atoms with E-state index in [1.165, 1.54) is 11.1 Å². The molecule has 8 nitrogen and oxygen atoms in total. The van der Waals surface area contributed by atoms with Gasteiger partial charge < -0.3 is 19.3 Å². The lowest BCUT2D eigenvalue weighted by Crippen LogP contribution is -2.35. The van der Waals surface area contributed by atoms with Gasteiger partial charge in [-0.3, -0.25) is 9.59 Å². The fraction of sp³-hybridized carbons (Fsp3) is 0.368. The molecule has 0 bridgehead atoms. The van der Waals surface area contributed by atoms with Crippen molar-refractivity contribution in [2.24, 2.45) is 0 Å². The number of ether oxygens (including phenoxy) is 2. The molecule has 0 spiro atoms. The van der Waals surface area contributed by atoms with Gasteiger partial charge in [-0.2, -0.15) is 4.98 Å². The number of rotatable bonds is 5. The van der Waals surface area contributed by atoms with Crippen molar-refractivity contribution < 1.29 is 19.1 Å². The highest BCUT2D eigenvalue weighted by Crippen LogP contribution is 2.24. The second-order valence-electron chi connectivity index (χ2n) is 6.32. The number of hydrogen-bond donors (Lipinski definition) is 0. The quantitative estimate of drug-likeness (QED) is 0.789. The number of hydrogen-bond acceptors (Lipinski definition) is 6. The molecule has 0 aliphatic carbocycles. The van der Waals surface area contributed by atoms with Crippen LogP contribution in [-0.2, 0) is 4.74 Å². The first-order valence-electron chi connectivity index (χ1n) is 8.61. The smallest absolute Gasteiger partial charge is 0.261 e. The molecule has 1 aliphatic heterocycles. The van der Waals surface area contributed by atoms with Gasteiger partial charge in [0.25, 0.3) is 11.8 Å². The average molecular weight is 370 g/mol. The molecule has 2 heterocycles. The number of carbonyl (C=O) groups is 2. The number of benzene rings is 1. The molecule has 3 rings (SSSR count). The minimum atomic E-state index is -0.168. The second-order valence-corrected chi connectivity index (χ2v) is 6.32. The molecule has 0 unspecified atom stereocenters.